The molecule has 0 aromatic carbocycles. The van der Waals surface area contributed by atoms with Gasteiger partial charge in [0.15, 0.2) is 0 Å². The molecule has 116 valence electrons. The van der Waals surface area contributed by atoms with Crippen LogP contribution in [0.3, 0.4) is 0 Å². The van der Waals surface area contributed by atoms with Gasteiger partial charge in [0.25, 0.3) is 0 Å². The van der Waals surface area contributed by atoms with Crippen molar-refractivity contribution in [3.8, 4) is 0 Å². The Morgan fingerprint density at radius 1 is 0.684 bits per heavy atom. The van der Waals surface area contributed by atoms with Crippen LogP contribution in [0.4, 0.5) is 0 Å². The van der Waals surface area contributed by atoms with E-state index >= 15 is 0 Å². The molecule has 0 radical (unpaired) electrons. The molecule has 4 unspecified atom stereocenters. The Balaban J connectivity index is 3.46. The van der Waals surface area contributed by atoms with Crippen LogP contribution >= 0.6 is 0 Å². The van der Waals surface area contributed by atoms with E-state index in [1.54, 1.807) is 0 Å². The first kappa shape index (κ1) is 19.0. The lowest BCUT2D eigenvalue weighted by molar-refractivity contribution is 0.160. The second-order valence-electron chi connectivity index (χ2n) is 7.05. The minimum atomic E-state index is -0.132. The molecule has 4 atom stereocenters. The highest BCUT2D eigenvalue weighted by atomic mass is 16.3. The highest BCUT2D eigenvalue weighted by Gasteiger charge is 2.08. The first-order valence-corrected chi connectivity index (χ1v) is 8.63. The van der Waals surface area contributed by atoms with Gasteiger partial charge in [0, 0.05) is 0 Å². The van der Waals surface area contributed by atoms with Gasteiger partial charge in [0.1, 0.15) is 0 Å². The number of rotatable bonds is 12. The van der Waals surface area contributed by atoms with Crippen molar-refractivity contribution in [2.75, 3.05) is 0 Å². The SMILES string of the molecule is CCCC(C)CCCC(C)CCCC(C)CC(C)O. The fourth-order valence-electron chi connectivity index (χ4n) is 3.11. The van der Waals surface area contributed by atoms with Gasteiger partial charge in [-0.15, -0.1) is 0 Å². The van der Waals surface area contributed by atoms with Gasteiger partial charge in [-0.2, -0.15) is 0 Å². The third-order valence-electron chi connectivity index (χ3n) is 4.31. The quantitative estimate of drug-likeness (QED) is 0.474. The lowest BCUT2D eigenvalue weighted by Gasteiger charge is -2.16. The Kier molecular flexibility index (Phi) is 11.7. The van der Waals surface area contributed by atoms with Gasteiger partial charge in [0.05, 0.1) is 6.10 Å². The smallest absolute Gasteiger partial charge is 0.0514 e. The van der Waals surface area contributed by atoms with Crippen LogP contribution in [0.25, 0.3) is 0 Å². The maximum Gasteiger partial charge on any atom is 0.0514 e. The predicted molar refractivity (Wildman–Crippen MR) is 86.4 cm³/mol. The Hall–Kier alpha value is -0.0400. The summed E-state index contributed by atoms with van der Waals surface area (Å²) in [5, 5.41) is 9.34. The zero-order valence-corrected chi connectivity index (χ0v) is 14.1. The molecule has 0 saturated heterocycles. The van der Waals surface area contributed by atoms with Crippen LogP contribution in [-0.2, 0) is 0 Å². The molecule has 0 aromatic heterocycles. The van der Waals surface area contributed by atoms with Gasteiger partial charge in [-0.05, 0) is 31.1 Å². The van der Waals surface area contributed by atoms with Crippen molar-refractivity contribution in [2.45, 2.75) is 98.5 Å². The number of aliphatic hydroxyl groups is 1. The lowest BCUT2D eigenvalue weighted by atomic mass is 9.91. The molecule has 1 N–H and O–H groups in total. The van der Waals surface area contributed by atoms with Gasteiger partial charge in [0.2, 0.25) is 0 Å². The van der Waals surface area contributed by atoms with E-state index in [1.165, 1.54) is 51.4 Å². The minimum absolute atomic E-state index is 0.132. The van der Waals surface area contributed by atoms with E-state index in [0.717, 1.165) is 18.3 Å². The third kappa shape index (κ3) is 12.7. The van der Waals surface area contributed by atoms with Crippen molar-refractivity contribution in [1.82, 2.24) is 0 Å². The van der Waals surface area contributed by atoms with Gasteiger partial charge >= 0.3 is 0 Å². The fraction of sp³-hybridized carbons (Fsp3) is 1.00. The largest absolute Gasteiger partial charge is 0.393 e. The van der Waals surface area contributed by atoms with Crippen molar-refractivity contribution < 1.29 is 5.11 Å². The van der Waals surface area contributed by atoms with Crippen LogP contribution in [0.2, 0.25) is 0 Å². The van der Waals surface area contributed by atoms with Crippen molar-refractivity contribution in [2.24, 2.45) is 17.8 Å². The molecule has 1 nitrogen and oxygen atoms in total. The molecule has 0 aliphatic carbocycles. The third-order valence-corrected chi connectivity index (χ3v) is 4.31. The maximum atomic E-state index is 9.34. The second kappa shape index (κ2) is 11.8. The fourth-order valence-corrected chi connectivity index (χ4v) is 3.11. The number of aliphatic hydroxyl groups excluding tert-OH is 1. The van der Waals surface area contributed by atoms with Crippen molar-refractivity contribution >= 4 is 0 Å². The van der Waals surface area contributed by atoms with Crippen LogP contribution in [0, 0.1) is 17.8 Å². The summed E-state index contributed by atoms with van der Waals surface area (Å²) in [7, 11) is 0. The average molecular weight is 271 g/mol. The van der Waals surface area contributed by atoms with Crippen LogP contribution in [0.1, 0.15) is 92.4 Å². The van der Waals surface area contributed by atoms with Crippen LogP contribution < -0.4 is 0 Å². The summed E-state index contributed by atoms with van der Waals surface area (Å²) in [6, 6.07) is 0. The molecular formula is C18H38O. The lowest BCUT2D eigenvalue weighted by Crippen LogP contribution is -2.07. The van der Waals surface area contributed by atoms with E-state index in [9.17, 15) is 5.11 Å². The summed E-state index contributed by atoms with van der Waals surface area (Å²) in [5.41, 5.74) is 0. The molecule has 0 aliphatic rings. The minimum Gasteiger partial charge on any atom is -0.393 e. The molecule has 0 rings (SSSR count). The predicted octanol–water partition coefficient (Wildman–Crippen LogP) is 5.81. The average Bonchev–Trinajstić information content (AvgIpc) is 2.28. The van der Waals surface area contributed by atoms with Crippen LogP contribution in [0.5, 0.6) is 0 Å². The van der Waals surface area contributed by atoms with Crippen LogP contribution in [0.15, 0.2) is 0 Å². The summed E-state index contributed by atoms with van der Waals surface area (Å²) < 4.78 is 0. The Bertz CT molecular complexity index is 188. The van der Waals surface area contributed by atoms with Gasteiger partial charge in [-0.1, -0.05) is 79.1 Å². The molecule has 19 heavy (non-hydrogen) atoms. The summed E-state index contributed by atoms with van der Waals surface area (Å²) in [5.74, 6) is 2.48. The van der Waals surface area contributed by atoms with E-state index in [0.29, 0.717) is 5.92 Å². The summed E-state index contributed by atoms with van der Waals surface area (Å²) in [4.78, 5) is 0. The first-order valence-electron chi connectivity index (χ1n) is 8.63. The first-order chi connectivity index (χ1) is 8.95. The molecule has 0 aliphatic heterocycles. The summed E-state index contributed by atoms with van der Waals surface area (Å²) in [6.07, 6.45) is 11.8. The molecule has 0 spiro atoms. The molecule has 0 amide bonds. The van der Waals surface area contributed by atoms with Crippen molar-refractivity contribution in [3.63, 3.8) is 0 Å². The molecule has 1 heteroatoms. The monoisotopic (exact) mass is 270 g/mol. The topological polar surface area (TPSA) is 20.2 Å². The highest BCUT2D eigenvalue weighted by Crippen LogP contribution is 2.21. The van der Waals surface area contributed by atoms with Crippen molar-refractivity contribution in [3.05, 3.63) is 0 Å². The highest BCUT2D eigenvalue weighted by molar-refractivity contribution is 4.61. The Morgan fingerprint density at radius 3 is 1.53 bits per heavy atom. The van der Waals surface area contributed by atoms with Crippen molar-refractivity contribution in [1.29, 1.82) is 0 Å². The Labute approximate surface area is 122 Å². The number of hydrogen-bond donors (Lipinski definition) is 1. The molecule has 0 fully saturated rings. The summed E-state index contributed by atoms with van der Waals surface area (Å²) >= 11 is 0. The van der Waals surface area contributed by atoms with E-state index in [2.05, 4.69) is 27.7 Å². The molecule has 0 bridgehead atoms. The van der Waals surface area contributed by atoms with Gasteiger partial charge < -0.3 is 5.11 Å². The number of hydrogen-bond acceptors (Lipinski definition) is 1. The van der Waals surface area contributed by atoms with E-state index < -0.39 is 0 Å². The maximum absolute atomic E-state index is 9.34. The van der Waals surface area contributed by atoms with E-state index in [4.69, 9.17) is 0 Å². The van der Waals surface area contributed by atoms with E-state index in [1.807, 2.05) is 6.92 Å². The Morgan fingerprint density at radius 2 is 1.11 bits per heavy atom. The zero-order chi connectivity index (χ0) is 14.7. The van der Waals surface area contributed by atoms with E-state index in [-0.39, 0.29) is 6.10 Å². The van der Waals surface area contributed by atoms with Gasteiger partial charge in [-0.3, -0.25) is 0 Å². The van der Waals surface area contributed by atoms with Crippen LogP contribution in [-0.4, -0.2) is 11.2 Å². The molecule has 0 saturated carbocycles. The normalized spacial score (nSPS) is 18.0. The zero-order valence-electron chi connectivity index (χ0n) is 14.1. The molecular weight excluding hydrogens is 232 g/mol. The molecule has 0 aromatic rings. The summed E-state index contributed by atoms with van der Waals surface area (Å²) in [6.45, 7) is 11.3. The molecule has 0 heterocycles. The standard InChI is InChI=1S/C18H38O/c1-6-9-15(2)10-7-11-16(3)12-8-13-17(4)14-18(5)19/h15-19H,6-14H2,1-5H3. The van der Waals surface area contributed by atoms with Gasteiger partial charge in [-0.25, -0.2) is 0 Å². The second-order valence-corrected chi connectivity index (χ2v) is 7.05.